The Labute approximate surface area is 223 Å². The third kappa shape index (κ3) is 5.89. The number of nitrogens with one attached hydrogen (secondary N) is 1. The van der Waals surface area contributed by atoms with E-state index in [-0.39, 0.29) is 11.6 Å². The Balaban J connectivity index is 1.73. The van der Waals surface area contributed by atoms with Gasteiger partial charge in [0, 0.05) is 23.4 Å². The van der Waals surface area contributed by atoms with Gasteiger partial charge in [-0.25, -0.2) is 32.2 Å². The first-order chi connectivity index (χ1) is 18.7. The van der Waals surface area contributed by atoms with Crippen LogP contribution in [0.15, 0.2) is 59.9 Å². The van der Waals surface area contributed by atoms with Crippen molar-refractivity contribution in [3.8, 4) is 40.5 Å². The number of aryl methyl sites for hydroxylation is 1. The molecule has 0 saturated carbocycles. The van der Waals surface area contributed by atoms with E-state index in [9.17, 15) is 17.2 Å². The van der Waals surface area contributed by atoms with Crippen LogP contribution in [0.3, 0.4) is 0 Å². The van der Waals surface area contributed by atoms with Gasteiger partial charge in [-0.05, 0) is 43.3 Å². The highest BCUT2D eigenvalue weighted by Crippen LogP contribution is 2.33. The summed E-state index contributed by atoms with van der Waals surface area (Å²) in [6.07, 6.45) is 2.81. The number of sulfonamides is 1. The van der Waals surface area contributed by atoms with E-state index in [2.05, 4.69) is 31.5 Å². The van der Waals surface area contributed by atoms with Gasteiger partial charge in [0.1, 0.15) is 28.5 Å². The Morgan fingerprint density at radius 3 is 2.33 bits per heavy atom. The van der Waals surface area contributed by atoms with Crippen LogP contribution >= 0.6 is 0 Å². The number of anilines is 1. The third-order valence-electron chi connectivity index (χ3n) is 5.50. The van der Waals surface area contributed by atoms with Crippen molar-refractivity contribution >= 4 is 15.7 Å². The molecule has 4 aromatic rings. The normalized spacial score (nSPS) is 10.8. The second-order valence-corrected chi connectivity index (χ2v) is 9.61. The van der Waals surface area contributed by atoms with Crippen LogP contribution in [0.25, 0.3) is 11.3 Å². The van der Waals surface area contributed by atoms with Gasteiger partial charge < -0.3 is 14.2 Å². The molecule has 39 heavy (non-hydrogen) atoms. The Kier molecular flexibility index (Phi) is 7.92. The maximum Gasteiger partial charge on any atom is 0.264 e. The summed E-state index contributed by atoms with van der Waals surface area (Å²) >= 11 is 0. The van der Waals surface area contributed by atoms with Gasteiger partial charge in [-0.3, -0.25) is 4.72 Å². The number of aromatic nitrogens is 3. The standard InChI is InChI=1S/C27H22F2N4O5S/c1-16-20(26(32-15-31-16)18-6-9-23(36-2)24(12-18)37-3)8-5-17-11-22(27(38-4)30-14-17)33-39(34,35)25-10-7-19(28)13-21(25)29/h6-7,9-15,33H,1-4H3. The lowest BCUT2D eigenvalue weighted by Crippen LogP contribution is -2.16. The van der Waals surface area contributed by atoms with E-state index in [4.69, 9.17) is 14.2 Å². The molecule has 0 amide bonds. The van der Waals surface area contributed by atoms with Crippen LogP contribution in [-0.4, -0.2) is 44.7 Å². The van der Waals surface area contributed by atoms with E-state index >= 15 is 0 Å². The largest absolute Gasteiger partial charge is 0.493 e. The van der Waals surface area contributed by atoms with Crippen molar-refractivity contribution in [3.63, 3.8) is 0 Å². The molecule has 2 aromatic carbocycles. The molecule has 0 unspecified atom stereocenters. The van der Waals surface area contributed by atoms with Gasteiger partial charge in [0.25, 0.3) is 10.0 Å². The molecule has 0 aliphatic carbocycles. The van der Waals surface area contributed by atoms with E-state index in [0.29, 0.717) is 45.6 Å². The first-order valence-corrected chi connectivity index (χ1v) is 12.7. The van der Waals surface area contributed by atoms with Gasteiger partial charge in [-0.1, -0.05) is 11.8 Å². The monoisotopic (exact) mass is 552 g/mol. The lowest BCUT2D eigenvalue weighted by molar-refractivity contribution is 0.355. The van der Waals surface area contributed by atoms with Gasteiger partial charge in [-0.15, -0.1) is 0 Å². The van der Waals surface area contributed by atoms with Crippen LogP contribution in [-0.2, 0) is 10.0 Å². The fourth-order valence-electron chi connectivity index (χ4n) is 3.61. The number of ether oxygens (including phenoxy) is 3. The van der Waals surface area contributed by atoms with Crippen molar-refractivity contribution in [3.05, 3.63) is 83.4 Å². The van der Waals surface area contributed by atoms with Gasteiger partial charge in [0.15, 0.2) is 11.5 Å². The fraction of sp³-hybridized carbons (Fsp3) is 0.148. The van der Waals surface area contributed by atoms with Crippen molar-refractivity contribution in [2.24, 2.45) is 0 Å². The molecule has 2 heterocycles. The summed E-state index contributed by atoms with van der Waals surface area (Å²) in [5.74, 6) is 4.81. The third-order valence-corrected chi connectivity index (χ3v) is 6.90. The van der Waals surface area contributed by atoms with Crippen LogP contribution in [0, 0.1) is 30.4 Å². The molecule has 9 nitrogen and oxygen atoms in total. The lowest BCUT2D eigenvalue weighted by Gasteiger charge is -2.12. The number of halogens is 2. The second-order valence-electron chi connectivity index (χ2n) is 7.96. The molecule has 0 atom stereocenters. The van der Waals surface area contributed by atoms with Crippen molar-refractivity contribution in [1.82, 2.24) is 15.0 Å². The van der Waals surface area contributed by atoms with Crippen molar-refractivity contribution in [2.75, 3.05) is 26.1 Å². The molecular formula is C27H22F2N4O5S. The van der Waals surface area contributed by atoms with Crippen LogP contribution in [0.1, 0.15) is 16.8 Å². The minimum Gasteiger partial charge on any atom is -0.493 e. The lowest BCUT2D eigenvalue weighted by atomic mass is 10.0. The number of nitrogens with zero attached hydrogens (tertiary/aromatic N) is 3. The number of benzene rings is 2. The average molecular weight is 553 g/mol. The molecule has 0 spiro atoms. The zero-order chi connectivity index (χ0) is 28.2. The van der Waals surface area contributed by atoms with Crippen LogP contribution < -0.4 is 18.9 Å². The van der Waals surface area contributed by atoms with E-state index < -0.39 is 26.6 Å². The molecule has 0 radical (unpaired) electrons. The minimum atomic E-state index is -4.44. The molecule has 0 saturated heterocycles. The zero-order valence-electron chi connectivity index (χ0n) is 21.2. The Bertz CT molecular complexity index is 1720. The summed E-state index contributed by atoms with van der Waals surface area (Å²) < 4.78 is 71.1. The molecule has 0 fully saturated rings. The Hall–Kier alpha value is -4.76. The maximum absolute atomic E-state index is 14.2. The van der Waals surface area contributed by atoms with Crippen molar-refractivity contribution in [2.45, 2.75) is 11.8 Å². The summed E-state index contributed by atoms with van der Waals surface area (Å²) in [5, 5.41) is 0. The van der Waals surface area contributed by atoms with Crippen LogP contribution in [0.5, 0.6) is 17.4 Å². The van der Waals surface area contributed by atoms with Crippen LogP contribution in [0.2, 0.25) is 0 Å². The number of methoxy groups -OCH3 is 3. The van der Waals surface area contributed by atoms with Crippen molar-refractivity contribution in [1.29, 1.82) is 0 Å². The quantitative estimate of drug-likeness (QED) is 0.337. The SMILES string of the molecule is COc1ccc(-c2ncnc(C)c2C#Cc2cnc(OC)c(NS(=O)(=O)c3ccc(F)cc3F)c2)cc1OC. The smallest absolute Gasteiger partial charge is 0.264 e. The fourth-order valence-corrected chi connectivity index (χ4v) is 4.72. The van der Waals surface area contributed by atoms with Crippen LogP contribution in [0.4, 0.5) is 14.5 Å². The zero-order valence-corrected chi connectivity index (χ0v) is 22.1. The summed E-state index contributed by atoms with van der Waals surface area (Å²) in [6, 6.07) is 8.85. The van der Waals surface area contributed by atoms with E-state index in [1.165, 1.54) is 39.9 Å². The van der Waals surface area contributed by atoms with E-state index in [1.807, 2.05) is 6.07 Å². The highest BCUT2D eigenvalue weighted by molar-refractivity contribution is 7.92. The van der Waals surface area contributed by atoms with Crippen molar-refractivity contribution < 1.29 is 31.4 Å². The molecule has 0 aliphatic rings. The highest BCUT2D eigenvalue weighted by atomic mass is 32.2. The van der Waals surface area contributed by atoms with Gasteiger partial charge in [0.05, 0.1) is 38.3 Å². The molecular weight excluding hydrogens is 530 g/mol. The van der Waals surface area contributed by atoms with E-state index in [0.717, 1.165) is 12.1 Å². The first-order valence-electron chi connectivity index (χ1n) is 11.2. The van der Waals surface area contributed by atoms with Gasteiger partial charge >= 0.3 is 0 Å². The molecule has 4 rings (SSSR count). The molecule has 200 valence electrons. The second kappa shape index (κ2) is 11.3. The van der Waals surface area contributed by atoms with Gasteiger partial charge in [-0.2, -0.15) is 0 Å². The molecule has 1 N–H and O–H groups in total. The maximum atomic E-state index is 14.2. The average Bonchev–Trinajstić information content (AvgIpc) is 2.91. The highest BCUT2D eigenvalue weighted by Gasteiger charge is 2.22. The number of hydrogen-bond donors (Lipinski definition) is 1. The predicted molar refractivity (Wildman–Crippen MR) is 139 cm³/mol. The minimum absolute atomic E-state index is 0.0723. The molecule has 12 heteroatoms. The Morgan fingerprint density at radius 1 is 0.872 bits per heavy atom. The van der Waals surface area contributed by atoms with Gasteiger partial charge in [0.2, 0.25) is 5.88 Å². The Morgan fingerprint density at radius 2 is 1.64 bits per heavy atom. The number of hydrogen-bond acceptors (Lipinski definition) is 8. The molecule has 2 aromatic heterocycles. The summed E-state index contributed by atoms with van der Waals surface area (Å²) in [7, 11) is -0.0787. The molecule has 0 aliphatic heterocycles. The molecule has 0 bridgehead atoms. The predicted octanol–water partition coefficient (Wildman–Crippen LogP) is 4.35. The topological polar surface area (TPSA) is 113 Å². The van der Waals surface area contributed by atoms with E-state index in [1.54, 1.807) is 19.1 Å². The number of pyridine rings is 1. The summed E-state index contributed by atoms with van der Waals surface area (Å²) in [5.41, 5.74) is 2.62. The summed E-state index contributed by atoms with van der Waals surface area (Å²) in [6.45, 7) is 1.78. The number of rotatable bonds is 7. The first kappa shape index (κ1) is 27.3. The summed E-state index contributed by atoms with van der Waals surface area (Å²) in [4.78, 5) is 12.0.